The molecule has 0 bridgehead atoms. The molecule has 0 saturated carbocycles. The van der Waals surface area contributed by atoms with E-state index in [0.29, 0.717) is 9.83 Å². The van der Waals surface area contributed by atoms with Crippen molar-refractivity contribution in [2.24, 2.45) is 0 Å². The topological polar surface area (TPSA) is 0 Å². The molecule has 1 saturated heterocycles. The van der Waals surface area contributed by atoms with Gasteiger partial charge < -0.3 is 0 Å². The summed E-state index contributed by atoms with van der Waals surface area (Å²) in [7, 11) is 0. The van der Waals surface area contributed by atoms with Crippen LogP contribution in [0.25, 0.3) is 0 Å². The highest BCUT2D eigenvalue weighted by Gasteiger charge is 2.20. The second-order valence-corrected chi connectivity index (χ2v) is 4.44. The zero-order valence-electron chi connectivity index (χ0n) is 3.87. The Morgan fingerprint density at radius 1 is 1.43 bits per heavy atom. The largest absolute Gasteiger partial charge is 0.174 e. The number of rotatable bonds is 0. The fraction of sp³-hybridized carbons (Fsp3) is 1.00. The van der Waals surface area contributed by atoms with Crippen LogP contribution in [0.1, 0.15) is 6.42 Å². The molecule has 0 nitrogen and oxygen atoms in total. The van der Waals surface area contributed by atoms with E-state index in [9.17, 15) is 0 Å². The molecular weight excluding hydrogens is 144 g/mol. The summed E-state index contributed by atoms with van der Waals surface area (Å²) < 4.78 is 0.489. The second-order valence-electron chi connectivity index (χ2n) is 1.62. The molecule has 0 aromatic carbocycles. The summed E-state index contributed by atoms with van der Waals surface area (Å²) in [6.07, 6.45) is 1.22. The third-order valence-electron chi connectivity index (χ3n) is 1.03. The highest BCUT2D eigenvalue weighted by Crippen LogP contribution is 2.32. The highest BCUT2D eigenvalue weighted by atomic mass is 32.2. The Kier molecular flexibility index (Phi) is 2.25. The van der Waals surface area contributed by atoms with Gasteiger partial charge in [-0.25, -0.2) is 0 Å². The average molecular weight is 152 g/mol. The predicted octanol–water partition coefficient (Wildman–Crippen LogP) is 1.68. The molecule has 0 aromatic heterocycles. The third-order valence-corrected chi connectivity index (χ3v) is 3.97. The van der Waals surface area contributed by atoms with Crippen LogP contribution in [-0.4, -0.2) is 15.6 Å². The van der Waals surface area contributed by atoms with Gasteiger partial charge in [0.25, 0.3) is 0 Å². The Bertz CT molecular complexity index is 56.0. The van der Waals surface area contributed by atoms with E-state index in [2.05, 4.69) is 25.3 Å². The third kappa shape index (κ3) is 1.47. The van der Waals surface area contributed by atoms with Crippen LogP contribution in [0.3, 0.4) is 0 Å². The summed E-state index contributed by atoms with van der Waals surface area (Å²) in [5.41, 5.74) is 0. The maximum atomic E-state index is 4.29. The molecule has 0 aromatic rings. The Morgan fingerprint density at radius 2 is 2.14 bits per heavy atom. The van der Waals surface area contributed by atoms with Gasteiger partial charge in [-0.15, -0.1) is 11.8 Å². The quantitative estimate of drug-likeness (QED) is 0.498. The van der Waals surface area contributed by atoms with Crippen molar-refractivity contribution in [1.29, 1.82) is 0 Å². The lowest BCUT2D eigenvalue weighted by atomic mass is 10.4. The lowest BCUT2D eigenvalue weighted by Crippen LogP contribution is -2.01. The molecule has 7 heavy (non-hydrogen) atoms. The number of hydrogen-bond donors (Lipinski definition) is 2. The van der Waals surface area contributed by atoms with E-state index in [4.69, 9.17) is 0 Å². The smallest absolute Gasteiger partial charge is 0.0588 e. The van der Waals surface area contributed by atoms with Crippen LogP contribution in [0.5, 0.6) is 0 Å². The van der Waals surface area contributed by atoms with Crippen molar-refractivity contribution in [2.45, 2.75) is 16.3 Å². The van der Waals surface area contributed by atoms with Gasteiger partial charge in [0.15, 0.2) is 0 Å². The van der Waals surface area contributed by atoms with Gasteiger partial charge in [-0.2, -0.15) is 25.3 Å². The molecule has 0 radical (unpaired) electrons. The SMILES string of the molecule is SC1CCSC1S. The lowest BCUT2D eigenvalue weighted by Gasteiger charge is -2.02. The first kappa shape index (κ1) is 6.17. The zero-order chi connectivity index (χ0) is 5.28. The van der Waals surface area contributed by atoms with Gasteiger partial charge in [-0.1, -0.05) is 0 Å². The highest BCUT2D eigenvalue weighted by molar-refractivity contribution is 8.11. The van der Waals surface area contributed by atoms with E-state index in [0.717, 1.165) is 0 Å². The van der Waals surface area contributed by atoms with Crippen LogP contribution in [0.4, 0.5) is 0 Å². The molecule has 1 aliphatic heterocycles. The molecule has 0 spiro atoms. The molecule has 1 fully saturated rings. The predicted molar refractivity (Wildman–Crippen MR) is 42.6 cm³/mol. The van der Waals surface area contributed by atoms with Gasteiger partial charge in [0.1, 0.15) is 0 Å². The molecule has 1 aliphatic rings. The van der Waals surface area contributed by atoms with E-state index in [1.54, 1.807) is 0 Å². The monoisotopic (exact) mass is 152 g/mol. The standard InChI is InChI=1S/C4H8S3/c5-3-1-2-7-4(3)6/h3-6H,1-2H2. The van der Waals surface area contributed by atoms with Crippen LogP contribution >= 0.6 is 37.0 Å². The van der Waals surface area contributed by atoms with Crippen molar-refractivity contribution in [1.82, 2.24) is 0 Å². The molecule has 3 heteroatoms. The Balaban J connectivity index is 2.33. The van der Waals surface area contributed by atoms with Gasteiger partial charge in [0, 0.05) is 5.25 Å². The van der Waals surface area contributed by atoms with Crippen LogP contribution in [-0.2, 0) is 0 Å². The van der Waals surface area contributed by atoms with Crippen molar-refractivity contribution >= 4 is 37.0 Å². The summed E-state index contributed by atoms with van der Waals surface area (Å²) in [6, 6.07) is 0. The van der Waals surface area contributed by atoms with Crippen LogP contribution in [0.15, 0.2) is 0 Å². The van der Waals surface area contributed by atoms with Crippen molar-refractivity contribution in [2.75, 3.05) is 5.75 Å². The summed E-state index contributed by atoms with van der Waals surface area (Å²) in [5, 5.41) is 0.535. The summed E-state index contributed by atoms with van der Waals surface area (Å²) >= 11 is 10.5. The van der Waals surface area contributed by atoms with Crippen LogP contribution < -0.4 is 0 Å². The second kappa shape index (κ2) is 2.55. The van der Waals surface area contributed by atoms with Crippen molar-refractivity contribution < 1.29 is 0 Å². The van der Waals surface area contributed by atoms with Crippen LogP contribution in [0, 0.1) is 0 Å². The number of thiol groups is 2. The van der Waals surface area contributed by atoms with E-state index in [1.807, 2.05) is 11.8 Å². The minimum absolute atomic E-state index is 0.489. The number of thioether (sulfide) groups is 1. The van der Waals surface area contributed by atoms with Gasteiger partial charge in [-0.05, 0) is 12.2 Å². The van der Waals surface area contributed by atoms with Gasteiger partial charge in [0.05, 0.1) is 4.58 Å². The average Bonchev–Trinajstić information content (AvgIpc) is 1.91. The molecule has 2 unspecified atom stereocenters. The molecule has 0 amide bonds. The summed E-state index contributed by atoms with van der Waals surface area (Å²) in [5.74, 6) is 1.24. The minimum atomic E-state index is 0.489. The Labute approximate surface area is 59.3 Å². The Hall–Kier alpha value is 1.05. The van der Waals surface area contributed by atoms with Crippen molar-refractivity contribution in [3.05, 3.63) is 0 Å². The first-order valence-corrected chi connectivity index (χ1v) is 4.36. The summed E-state index contributed by atoms with van der Waals surface area (Å²) in [4.78, 5) is 0. The Morgan fingerprint density at radius 3 is 2.29 bits per heavy atom. The van der Waals surface area contributed by atoms with E-state index in [-0.39, 0.29) is 0 Å². The van der Waals surface area contributed by atoms with E-state index < -0.39 is 0 Å². The van der Waals surface area contributed by atoms with Crippen LogP contribution in [0.2, 0.25) is 0 Å². The van der Waals surface area contributed by atoms with Crippen molar-refractivity contribution in [3.8, 4) is 0 Å². The first-order chi connectivity index (χ1) is 3.30. The maximum Gasteiger partial charge on any atom is 0.0588 e. The summed E-state index contributed by atoms with van der Waals surface area (Å²) in [6.45, 7) is 0. The molecule has 1 rings (SSSR count). The first-order valence-electron chi connectivity index (χ1n) is 2.28. The van der Waals surface area contributed by atoms with Gasteiger partial charge in [-0.3, -0.25) is 0 Å². The van der Waals surface area contributed by atoms with E-state index in [1.165, 1.54) is 12.2 Å². The molecule has 0 N–H and O–H groups in total. The number of hydrogen-bond acceptors (Lipinski definition) is 3. The minimum Gasteiger partial charge on any atom is -0.174 e. The molecule has 1 heterocycles. The molecule has 0 aliphatic carbocycles. The fourth-order valence-electron chi connectivity index (χ4n) is 0.563. The normalized spacial score (nSPS) is 42.0. The molecule has 2 atom stereocenters. The molecular formula is C4H8S3. The van der Waals surface area contributed by atoms with E-state index >= 15 is 0 Å². The zero-order valence-corrected chi connectivity index (χ0v) is 6.48. The van der Waals surface area contributed by atoms with Crippen molar-refractivity contribution in [3.63, 3.8) is 0 Å². The van der Waals surface area contributed by atoms with Gasteiger partial charge >= 0.3 is 0 Å². The lowest BCUT2D eigenvalue weighted by molar-refractivity contribution is 0.956. The van der Waals surface area contributed by atoms with Gasteiger partial charge in [0.2, 0.25) is 0 Å². The maximum absolute atomic E-state index is 4.29. The molecule has 42 valence electrons. The fourth-order valence-corrected chi connectivity index (χ4v) is 2.58.